The van der Waals surface area contributed by atoms with Crippen molar-refractivity contribution in [3.05, 3.63) is 28.8 Å². The van der Waals surface area contributed by atoms with Gasteiger partial charge in [0, 0.05) is 11.6 Å². The molecule has 0 aromatic heterocycles. The molecular weight excluding hydrogens is 252 g/mol. The van der Waals surface area contributed by atoms with Gasteiger partial charge in [0.05, 0.1) is 5.69 Å². The van der Waals surface area contributed by atoms with Crippen molar-refractivity contribution in [2.75, 3.05) is 12.0 Å². The fraction of sp³-hybridized carbons (Fsp3) is 0.462. The molecule has 0 radical (unpaired) electrons. The van der Waals surface area contributed by atoms with Gasteiger partial charge in [-0.05, 0) is 44.9 Å². The molecule has 1 amide bonds. The SMILES string of the molecule is CC(C)(C)OC(=O)N1CCc2ccc(Cl)cc2N1. The number of carbonyl (C=O) groups excluding carboxylic acids is 1. The molecule has 1 aromatic rings. The predicted octanol–water partition coefficient (Wildman–Crippen LogP) is 3.46. The van der Waals surface area contributed by atoms with E-state index in [4.69, 9.17) is 16.3 Å². The molecule has 0 bridgehead atoms. The first-order valence-corrected chi connectivity index (χ1v) is 6.28. The number of nitrogens with one attached hydrogen (secondary N) is 1. The Bertz CT molecular complexity index is 469. The second-order valence-corrected chi connectivity index (χ2v) is 5.73. The highest BCUT2D eigenvalue weighted by atomic mass is 35.5. The summed E-state index contributed by atoms with van der Waals surface area (Å²) in [5, 5.41) is 2.12. The molecule has 1 aromatic carbocycles. The molecule has 0 saturated heterocycles. The van der Waals surface area contributed by atoms with Gasteiger partial charge in [0.15, 0.2) is 0 Å². The largest absolute Gasteiger partial charge is 0.442 e. The van der Waals surface area contributed by atoms with E-state index in [2.05, 4.69) is 5.43 Å². The number of carbonyl (C=O) groups is 1. The van der Waals surface area contributed by atoms with Crippen LogP contribution in [0.5, 0.6) is 0 Å². The summed E-state index contributed by atoms with van der Waals surface area (Å²) >= 11 is 5.94. The molecule has 0 spiro atoms. The molecule has 4 nitrogen and oxygen atoms in total. The lowest BCUT2D eigenvalue weighted by atomic mass is 10.1. The van der Waals surface area contributed by atoms with Crippen molar-refractivity contribution in [2.24, 2.45) is 0 Å². The fourth-order valence-electron chi connectivity index (χ4n) is 1.76. The minimum Gasteiger partial charge on any atom is -0.442 e. The summed E-state index contributed by atoms with van der Waals surface area (Å²) in [6, 6.07) is 5.63. The van der Waals surface area contributed by atoms with Gasteiger partial charge in [-0.15, -0.1) is 0 Å². The summed E-state index contributed by atoms with van der Waals surface area (Å²) in [6.45, 7) is 6.13. The Balaban J connectivity index is 2.09. The van der Waals surface area contributed by atoms with Crippen LogP contribution in [-0.4, -0.2) is 23.2 Å². The lowest BCUT2D eigenvalue weighted by Crippen LogP contribution is -2.43. The average molecular weight is 269 g/mol. The van der Waals surface area contributed by atoms with Crippen LogP contribution in [0.3, 0.4) is 0 Å². The van der Waals surface area contributed by atoms with Gasteiger partial charge in [-0.2, -0.15) is 0 Å². The molecule has 0 atom stereocenters. The van der Waals surface area contributed by atoms with Gasteiger partial charge < -0.3 is 4.74 Å². The van der Waals surface area contributed by atoms with Crippen LogP contribution in [-0.2, 0) is 11.2 Å². The van der Waals surface area contributed by atoms with E-state index in [1.165, 1.54) is 5.01 Å². The fourth-order valence-corrected chi connectivity index (χ4v) is 1.93. The van der Waals surface area contributed by atoms with Crippen LogP contribution >= 0.6 is 11.6 Å². The van der Waals surface area contributed by atoms with Crippen LogP contribution in [0.25, 0.3) is 0 Å². The zero-order valence-electron chi connectivity index (χ0n) is 10.8. The highest BCUT2D eigenvalue weighted by molar-refractivity contribution is 6.30. The molecule has 18 heavy (non-hydrogen) atoms. The summed E-state index contributed by atoms with van der Waals surface area (Å²) in [5.41, 5.74) is 4.55. The minimum absolute atomic E-state index is 0.367. The number of benzene rings is 1. The van der Waals surface area contributed by atoms with E-state index in [9.17, 15) is 4.79 Å². The number of hydrogen-bond donors (Lipinski definition) is 1. The summed E-state index contributed by atoms with van der Waals surface area (Å²) in [5.74, 6) is 0. The van der Waals surface area contributed by atoms with Crippen LogP contribution in [0, 0.1) is 0 Å². The molecule has 0 aliphatic carbocycles. The third kappa shape index (κ3) is 3.07. The second kappa shape index (κ2) is 4.69. The van der Waals surface area contributed by atoms with Crippen LogP contribution in [0.1, 0.15) is 26.3 Å². The van der Waals surface area contributed by atoms with Crippen LogP contribution in [0.2, 0.25) is 5.02 Å². The molecule has 0 fully saturated rings. The van der Waals surface area contributed by atoms with Gasteiger partial charge in [-0.1, -0.05) is 17.7 Å². The van der Waals surface area contributed by atoms with Gasteiger partial charge in [0.25, 0.3) is 0 Å². The van der Waals surface area contributed by atoms with Crippen molar-refractivity contribution in [3.8, 4) is 0 Å². The number of anilines is 1. The van der Waals surface area contributed by atoms with E-state index in [1.54, 1.807) is 0 Å². The Labute approximate surface area is 112 Å². The zero-order chi connectivity index (χ0) is 13.3. The Kier molecular flexibility index (Phi) is 3.39. The Hall–Kier alpha value is -1.42. The Morgan fingerprint density at radius 2 is 2.17 bits per heavy atom. The molecule has 1 aliphatic rings. The lowest BCUT2D eigenvalue weighted by molar-refractivity contribution is 0.0292. The zero-order valence-corrected chi connectivity index (χ0v) is 11.5. The lowest BCUT2D eigenvalue weighted by Gasteiger charge is -2.32. The average Bonchev–Trinajstić information content (AvgIpc) is 2.25. The first-order chi connectivity index (χ1) is 8.35. The molecular formula is C13H17ClN2O2. The molecule has 0 saturated carbocycles. The van der Waals surface area contributed by atoms with Crippen LogP contribution < -0.4 is 5.43 Å². The van der Waals surface area contributed by atoms with E-state index >= 15 is 0 Å². The van der Waals surface area contributed by atoms with Crippen LogP contribution in [0.4, 0.5) is 10.5 Å². The third-order valence-electron chi connectivity index (χ3n) is 2.55. The van der Waals surface area contributed by atoms with Crippen molar-refractivity contribution in [2.45, 2.75) is 32.8 Å². The van der Waals surface area contributed by atoms with Gasteiger partial charge in [0.2, 0.25) is 0 Å². The molecule has 98 valence electrons. The van der Waals surface area contributed by atoms with Crippen molar-refractivity contribution in [1.29, 1.82) is 0 Å². The molecule has 5 heteroatoms. The maximum atomic E-state index is 11.9. The molecule has 2 rings (SSSR count). The van der Waals surface area contributed by atoms with Crippen LogP contribution in [0.15, 0.2) is 18.2 Å². The minimum atomic E-state index is -0.493. The molecule has 1 heterocycles. The van der Waals surface area contributed by atoms with Crippen molar-refractivity contribution in [1.82, 2.24) is 5.01 Å². The number of hydrogen-bond acceptors (Lipinski definition) is 3. The van der Waals surface area contributed by atoms with E-state index in [1.807, 2.05) is 39.0 Å². The Morgan fingerprint density at radius 3 is 2.83 bits per heavy atom. The normalized spacial score (nSPS) is 14.8. The van der Waals surface area contributed by atoms with Gasteiger partial charge in [-0.3, -0.25) is 5.43 Å². The smallest absolute Gasteiger partial charge is 0.429 e. The van der Waals surface area contributed by atoms with Crippen molar-refractivity contribution >= 4 is 23.4 Å². The first kappa shape index (κ1) is 13.0. The summed E-state index contributed by atoms with van der Waals surface area (Å²) in [6.07, 6.45) is 0.423. The topological polar surface area (TPSA) is 41.6 Å². The number of ether oxygens (including phenoxy) is 1. The maximum Gasteiger partial charge on any atom is 0.429 e. The van der Waals surface area contributed by atoms with Gasteiger partial charge >= 0.3 is 6.09 Å². The molecule has 1 N–H and O–H groups in total. The highest BCUT2D eigenvalue weighted by Crippen LogP contribution is 2.26. The quantitative estimate of drug-likeness (QED) is 0.783. The highest BCUT2D eigenvalue weighted by Gasteiger charge is 2.25. The van der Waals surface area contributed by atoms with Gasteiger partial charge in [0.1, 0.15) is 5.60 Å². The van der Waals surface area contributed by atoms with Crippen molar-refractivity contribution in [3.63, 3.8) is 0 Å². The van der Waals surface area contributed by atoms with E-state index in [-0.39, 0.29) is 6.09 Å². The van der Waals surface area contributed by atoms with E-state index in [0.29, 0.717) is 11.6 Å². The molecule has 0 unspecified atom stereocenters. The van der Waals surface area contributed by atoms with E-state index < -0.39 is 5.60 Å². The second-order valence-electron chi connectivity index (χ2n) is 5.30. The molecule has 1 aliphatic heterocycles. The number of amides is 1. The van der Waals surface area contributed by atoms with Crippen molar-refractivity contribution < 1.29 is 9.53 Å². The number of rotatable bonds is 0. The maximum absolute atomic E-state index is 11.9. The van der Waals surface area contributed by atoms with Gasteiger partial charge in [-0.25, -0.2) is 9.80 Å². The first-order valence-electron chi connectivity index (χ1n) is 5.91. The number of fused-ring (bicyclic) bond motifs is 1. The standard InChI is InChI=1S/C13H17ClN2O2/c1-13(2,3)18-12(17)16-7-6-9-4-5-10(14)8-11(9)15-16/h4-5,8,15H,6-7H2,1-3H3. The monoisotopic (exact) mass is 268 g/mol. The number of halogens is 1. The van der Waals surface area contributed by atoms with E-state index in [0.717, 1.165) is 17.7 Å². The summed E-state index contributed by atoms with van der Waals surface area (Å²) < 4.78 is 5.31. The Morgan fingerprint density at radius 1 is 1.44 bits per heavy atom. The number of hydrazine groups is 1. The number of nitrogens with zero attached hydrogens (tertiary/aromatic N) is 1. The predicted molar refractivity (Wildman–Crippen MR) is 71.7 cm³/mol. The summed E-state index contributed by atoms with van der Waals surface area (Å²) in [4.78, 5) is 11.9. The third-order valence-corrected chi connectivity index (χ3v) is 2.78. The summed E-state index contributed by atoms with van der Waals surface area (Å²) in [7, 11) is 0.